The van der Waals surface area contributed by atoms with E-state index >= 15 is 0 Å². The average molecular weight is 482 g/mol. The highest BCUT2D eigenvalue weighted by Gasteiger charge is 2.25. The number of rotatable bonds is 7. The second-order valence-corrected chi connectivity index (χ2v) is 9.80. The highest BCUT2D eigenvalue weighted by atomic mass is 16.5. The summed E-state index contributed by atoms with van der Waals surface area (Å²) in [7, 11) is 0. The third-order valence-electron chi connectivity index (χ3n) is 7.23. The maximum absolute atomic E-state index is 6.43. The lowest BCUT2D eigenvalue weighted by Crippen LogP contribution is -2.36. The Labute approximate surface area is 219 Å². The van der Waals surface area contributed by atoms with E-state index in [9.17, 15) is 0 Å². The second kappa shape index (κ2) is 10.9. The molecule has 0 N–H and O–H groups in total. The van der Waals surface area contributed by atoms with Gasteiger partial charge in [-0.05, 0) is 50.7 Å². The van der Waals surface area contributed by atoms with E-state index in [4.69, 9.17) is 4.74 Å². The van der Waals surface area contributed by atoms with Crippen LogP contribution in [0, 0.1) is 5.92 Å². The van der Waals surface area contributed by atoms with Crippen LogP contribution < -0.4 is 4.74 Å². The molecule has 1 aliphatic rings. The van der Waals surface area contributed by atoms with Gasteiger partial charge in [0.1, 0.15) is 5.75 Å². The second-order valence-electron chi connectivity index (χ2n) is 9.80. The number of nitrogens with zero attached hydrogens (tertiary/aromatic N) is 1. The quantitative estimate of drug-likeness (QED) is 0.233. The average Bonchev–Trinajstić information content (AvgIpc) is 2.97. The maximum atomic E-state index is 6.43. The standard InChI is InChI=1S/C35H31NO/c1-3-9-27(10-4-1)24-36-22-21-35(31-17-15-30(16-18-31)28-11-5-2-6-12-28)33(25-36)26-37-34-20-19-29-13-7-8-14-32(29)23-34/h1-21,23,33H,22,24-26H2. The van der Waals surface area contributed by atoms with Gasteiger partial charge in [-0.1, -0.05) is 121 Å². The summed E-state index contributed by atoms with van der Waals surface area (Å²) >= 11 is 0. The maximum Gasteiger partial charge on any atom is 0.119 e. The topological polar surface area (TPSA) is 12.5 Å². The number of ether oxygens (including phenoxy) is 1. The Morgan fingerprint density at radius 2 is 1.27 bits per heavy atom. The third kappa shape index (κ3) is 5.50. The molecule has 6 rings (SSSR count). The number of hydrogen-bond acceptors (Lipinski definition) is 2. The SMILES string of the molecule is C1=C(c2ccc(-c3ccccc3)cc2)C(COc2ccc3ccccc3c2)CN(Cc2ccccc2)C1. The normalized spacial score (nSPS) is 15.9. The molecule has 182 valence electrons. The molecule has 1 aliphatic heterocycles. The monoisotopic (exact) mass is 481 g/mol. The van der Waals surface area contributed by atoms with Gasteiger partial charge in [0.05, 0.1) is 6.61 Å². The minimum atomic E-state index is 0.284. The van der Waals surface area contributed by atoms with Crippen LogP contribution in [0.1, 0.15) is 11.1 Å². The summed E-state index contributed by atoms with van der Waals surface area (Å²) in [6, 6.07) is 45.1. The molecule has 1 atom stereocenters. The van der Waals surface area contributed by atoms with Crippen molar-refractivity contribution in [1.29, 1.82) is 0 Å². The first-order valence-electron chi connectivity index (χ1n) is 13.1. The summed E-state index contributed by atoms with van der Waals surface area (Å²) in [5.74, 6) is 1.21. The summed E-state index contributed by atoms with van der Waals surface area (Å²) in [6.07, 6.45) is 2.40. The van der Waals surface area contributed by atoms with Crippen molar-refractivity contribution in [2.75, 3.05) is 19.7 Å². The Hall–Kier alpha value is -4.14. The zero-order valence-corrected chi connectivity index (χ0v) is 21.0. The molecule has 0 spiro atoms. The van der Waals surface area contributed by atoms with Crippen LogP contribution in [0.25, 0.3) is 27.5 Å². The van der Waals surface area contributed by atoms with E-state index < -0.39 is 0 Å². The van der Waals surface area contributed by atoms with Gasteiger partial charge in [-0.15, -0.1) is 0 Å². The van der Waals surface area contributed by atoms with Crippen molar-refractivity contribution in [1.82, 2.24) is 4.90 Å². The van der Waals surface area contributed by atoms with Crippen molar-refractivity contribution >= 4 is 16.3 Å². The third-order valence-corrected chi connectivity index (χ3v) is 7.23. The predicted molar refractivity (Wildman–Crippen MR) is 155 cm³/mol. The molecule has 1 heterocycles. The van der Waals surface area contributed by atoms with E-state index in [0.29, 0.717) is 6.61 Å². The van der Waals surface area contributed by atoms with Crippen molar-refractivity contribution in [2.45, 2.75) is 6.54 Å². The molecule has 0 aromatic heterocycles. The van der Waals surface area contributed by atoms with Crippen molar-refractivity contribution in [3.63, 3.8) is 0 Å². The summed E-state index contributed by atoms with van der Waals surface area (Å²) in [5.41, 5.74) is 6.50. The van der Waals surface area contributed by atoms with E-state index in [2.05, 4.69) is 138 Å². The molecule has 1 unspecified atom stereocenters. The summed E-state index contributed by atoms with van der Waals surface area (Å²) < 4.78 is 6.43. The molecule has 2 heteroatoms. The van der Waals surface area contributed by atoms with Crippen LogP contribution in [0.5, 0.6) is 5.75 Å². The minimum Gasteiger partial charge on any atom is -0.493 e. The highest BCUT2D eigenvalue weighted by molar-refractivity contribution is 5.83. The molecular weight excluding hydrogens is 450 g/mol. The number of benzene rings is 5. The van der Waals surface area contributed by atoms with Gasteiger partial charge >= 0.3 is 0 Å². The lowest BCUT2D eigenvalue weighted by atomic mass is 9.88. The molecule has 0 fully saturated rings. The van der Waals surface area contributed by atoms with Gasteiger partial charge in [-0.2, -0.15) is 0 Å². The van der Waals surface area contributed by atoms with Crippen LogP contribution in [0.3, 0.4) is 0 Å². The summed E-state index contributed by atoms with van der Waals surface area (Å²) in [4.78, 5) is 2.52. The van der Waals surface area contributed by atoms with E-state index in [0.717, 1.165) is 25.4 Å². The Morgan fingerprint density at radius 3 is 2.05 bits per heavy atom. The first-order valence-corrected chi connectivity index (χ1v) is 13.1. The number of hydrogen-bond donors (Lipinski definition) is 0. The molecule has 0 aliphatic carbocycles. The van der Waals surface area contributed by atoms with E-state index in [-0.39, 0.29) is 5.92 Å². The minimum absolute atomic E-state index is 0.284. The smallest absolute Gasteiger partial charge is 0.119 e. The lowest BCUT2D eigenvalue weighted by Gasteiger charge is -2.33. The summed E-state index contributed by atoms with van der Waals surface area (Å²) in [5, 5.41) is 2.45. The predicted octanol–water partition coefficient (Wildman–Crippen LogP) is 8.10. The van der Waals surface area contributed by atoms with E-state index in [1.807, 2.05) is 0 Å². The van der Waals surface area contributed by atoms with Gasteiger partial charge in [-0.25, -0.2) is 0 Å². The molecule has 37 heavy (non-hydrogen) atoms. The Bertz CT molecular complexity index is 1490. The fourth-order valence-electron chi connectivity index (χ4n) is 5.29. The Balaban J connectivity index is 1.24. The van der Waals surface area contributed by atoms with Gasteiger partial charge in [0.2, 0.25) is 0 Å². The molecular formula is C35H31NO. The van der Waals surface area contributed by atoms with Crippen molar-refractivity contribution in [3.8, 4) is 16.9 Å². The van der Waals surface area contributed by atoms with Gasteiger partial charge in [0.15, 0.2) is 0 Å². The Kier molecular flexibility index (Phi) is 6.83. The van der Waals surface area contributed by atoms with Gasteiger partial charge in [-0.3, -0.25) is 4.90 Å². The van der Waals surface area contributed by atoms with Crippen LogP contribution >= 0.6 is 0 Å². The fourth-order valence-corrected chi connectivity index (χ4v) is 5.29. The molecule has 0 saturated heterocycles. The van der Waals surface area contributed by atoms with Crippen LogP contribution in [0.15, 0.2) is 133 Å². The number of fused-ring (bicyclic) bond motifs is 1. The summed E-state index contributed by atoms with van der Waals surface area (Å²) in [6.45, 7) is 3.51. The van der Waals surface area contributed by atoms with Crippen molar-refractivity contribution in [3.05, 3.63) is 145 Å². The lowest BCUT2D eigenvalue weighted by molar-refractivity contribution is 0.201. The van der Waals surface area contributed by atoms with Crippen molar-refractivity contribution in [2.24, 2.45) is 5.92 Å². The van der Waals surface area contributed by atoms with Gasteiger partial charge in [0, 0.05) is 25.6 Å². The molecule has 0 amide bonds. The highest BCUT2D eigenvalue weighted by Crippen LogP contribution is 2.32. The van der Waals surface area contributed by atoms with Crippen LogP contribution in [0.2, 0.25) is 0 Å². The largest absolute Gasteiger partial charge is 0.493 e. The van der Waals surface area contributed by atoms with Gasteiger partial charge in [0.25, 0.3) is 0 Å². The molecule has 0 bridgehead atoms. The first-order chi connectivity index (χ1) is 18.3. The molecule has 5 aromatic carbocycles. The van der Waals surface area contributed by atoms with Crippen LogP contribution in [-0.4, -0.2) is 24.6 Å². The van der Waals surface area contributed by atoms with Crippen LogP contribution in [0.4, 0.5) is 0 Å². The molecule has 0 saturated carbocycles. The fraction of sp³-hybridized carbons (Fsp3) is 0.143. The van der Waals surface area contributed by atoms with E-state index in [1.54, 1.807) is 0 Å². The molecule has 5 aromatic rings. The molecule has 0 radical (unpaired) electrons. The Morgan fingerprint density at radius 1 is 0.622 bits per heavy atom. The zero-order valence-electron chi connectivity index (χ0n) is 21.0. The van der Waals surface area contributed by atoms with Crippen molar-refractivity contribution < 1.29 is 4.74 Å². The van der Waals surface area contributed by atoms with Gasteiger partial charge < -0.3 is 4.74 Å². The molecule has 2 nitrogen and oxygen atoms in total. The van der Waals surface area contributed by atoms with E-state index in [1.165, 1.54) is 38.6 Å². The zero-order chi connectivity index (χ0) is 24.9. The first kappa shape index (κ1) is 23.3. The van der Waals surface area contributed by atoms with Crippen LogP contribution in [-0.2, 0) is 6.54 Å².